The quantitative estimate of drug-likeness (QED) is 0.614. The molecular formula is C12H3F2N4P. The normalized spacial score (nSPS) is 8.58. The molecule has 1 rings (SSSR count). The standard InChI is InChI=1S/C12H3F2N4P/c13-9-1-8(6(2-15)3-16)11(14)12(19)10(9)7(4-17)5-18/h1H,19H2. The number of hydrogen-bond acceptors (Lipinski definition) is 4. The van der Waals surface area contributed by atoms with Crippen LogP contribution >= 0.6 is 9.24 Å². The second-order valence-electron chi connectivity index (χ2n) is 3.21. The summed E-state index contributed by atoms with van der Waals surface area (Å²) in [6.07, 6.45) is 0. The highest BCUT2D eigenvalue weighted by Gasteiger charge is 2.13. The molecule has 0 radical (unpaired) electrons. The molecule has 7 heteroatoms. The average molecular weight is 272 g/mol. The first-order chi connectivity index (χ1) is 9.01. The molecule has 0 amide bonds. The Morgan fingerprint density at radius 3 is 1.84 bits per heavy atom. The SMILES string of the molecule is N#CC(C#N)=c1cc(F)c(=C(C#N)C#N)c(P)c1F. The largest absolute Gasteiger partial charge is 0.206 e. The zero-order chi connectivity index (χ0) is 14.6. The maximum absolute atomic E-state index is 14.0. The average Bonchev–Trinajstić information content (AvgIpc) is 2.41. The van der Waals surface area contributed by atoms with E-state index in [2.05, 4.69) is 0 Å². The van der Waals surface area contributed by atoms with Gasteiger partial charge in [0.2, 0.25) is 0 Å². The number of nitrogens with zero attached hydrogens (tertiary/aromatic N) is 4. The first-order valence-electron chi connectivity index (χ1n) is 4.64. The fourth-order valence-electron chi connectivity index (χ4n) is 1.36. The van der Waals surface area contributed by atoms with E-state index in [4.69, 9.17) is 21.0 Å². The van der Waals surface area contributed by atoms with Crippen molar-refractivity contribution in [3.8, 4) is 24.3 Å². The van der Waals surface area contributed by atoms with Crippen LogP contribution < -0.4 is 15.7 Å². The van der Waals surface area contributed by atoms with E-state index in [-0.39, 0.29) is 5.30 Å². The number of hydrogen-bond donors (Lipinski definition) is 0. The summed E-state index contributed by atoms with van der Waals surface area (Å²) in [7, 11) is 1.86. The van der Waals surface area contributed by atoms with Crippen molar-refractivity contribution in [2.24, 2.45) is 0 Å². The van der Waals surface area contributed by atoms with Gasteiger partial charge in [0.1, 0.15) is 47.1 Å². The lowest BCUT2D eigenvalue weighted by atomic mass is 10.1. The van der Waals surface area contributed by atoms with Crippen LogP contribution in [0.1, 0.15) is 0 Å². The van der Waals surface area contributed by atoms with Gasteiger partial charge in [-0.2, -0.15) is 21.0 Å². The molecule has 0 aliphatic carbocycles. The summed E-state index contributed by atoms with van der Waals surface area (Å²) in [6, 6.07) is 6.41. The minimum atomic E-state index is -1.05. The second-order valence-corrected chi connectivity index (χ2v) is 3.78. The predicted molar refractivity (Wildman–Crippen MR) is 64.2 cm³/mol. The molecule has 0 fully saturated rings. The van der Waals surface area contributed by atoms with E-state index >= 15 is 0 Å². The van der Waals surface area contributed by atoms with Gasteiger partial charge in [-0.05, 0) is 6.07 Å². The fraction of sp³-hybridized carbons (Fsp3) is 0. The molecule has 0 bridgehead atoms. The topological polar surface area (TPSA) is 95.2 Å². The number of rotatable bonds is 0. The molecule has 1 atom stereocenters. The van der Waals surface area contributed by atoms with Crippen LogP contribution in [0.3, 0.4) is 0 Å². The highest BCUT2D eigenvalue weighted by atomic mass is 31.0. The van der Waals surface area contributed by atoms with Crippen molar-refractivity contribution < 1.29 is 8.78 Å². The molecule has 19 heavy (non-hydrogen) atoms. The van der Waals surface area contributed by atoms with Crippen molar-refractivity contribution in [1.82, 2.24) is 0 Å². The molecule has 0 saturated carbocycles. The van der Waals surface area contributed by atoms with E-state index in [0.717, 1.165) is 0 Å². The van der Waals surface area contributed by atoms with E-state index < -0.39 is 33.2 Å². The van der Waals surface area contributed by atoms with Crippen LogP contribution in [0, 0.1) is 57.0 Å². The van der Waals surface area contributed by atoms with Gasteiger partial charge < -0.3 is 0 Å². The lowest BCUT2D eigenvalue weighted by molar-refractivity contribution is 0.593. The summed E-state index contributed by atoms with van der Waals surface area (Å²) >= 11 is 0. The summed E-state index contributed by atoms with van der Waals surface area (Å²) < 4.78 is 27.8. The Morgan fingerprint density at radius 1 is 0.947 bits per heavy atom. The zero-order valence-corrected chi connectivity index (χ0v) is 10.4. The number of halogens is 2. The van der Waals surface area contributed by atoms with Gasteiger partial charge >= 0.3 is 0 Å². The molecule has 0 aliphatic rings. The molecule has 1 aromatic carbocycles. The van der Waals surface area contributed by atoms with Crippen molar-refractivity contribution in [2.75, 3.05) is 0 Å². The molecule has 4 nitrogen and oxygen atoms in total. The van der Waals surface area contributed by atoms with Crippen molar-refractivity contribution in [1.29, 1.82) is 21.0 Å². The van der Waals surface area contributed by atoms with Gasteiger partial charge in [0.15, 0.2) is 0 Å². The van der Waals surface area contributed by atoms with Gasteiger partial charge in [-0.25, -0.2) is 8.78 Å². The lowest BCUT2D eigenvalue weighted by Crippen LogP contribution is -2.34. The molecule has 0 aliphatic heterocycles. The number of nitriles is 4. The van der Waals surface area contributed by atoms with Gasteiger partial charge in [0.25, 0.3) is 0 Å². The Labute approximate surface area is 108 Å². The summed E-state index contributed by atoms with van der Waals surface area (Å²) in [6.45, 7) is 0. The highest BCUT2D eigenvalue weighted by Crippen LogP contribution is 1.98. The van der Waals surface area contributed by atoms with E-state index in [1.807, 2.05) is 9.24 Å². The van der Waals surface area contributed by atoms with Crippen LogP contribution in [0.25, 0.3) is 11.1 Å². The minimum absolute atomic E-state index is 0.379. The Morgan fingerprint density at radius 2 is 1.42 bits per heavy atom. The molecular weight excluding hydrogens is 269 g/mol. The van der Waals surface area contributed by atoms with E-state index in [1.165, 1.54) is 24.3 Å². The van der Waals surface area contributed by atoms with Gasteiger partial charge in [0, 0.05) is 15.7 Å². The summed E-state index contributed by atoms with van der Waals surface area (Å²) in [5.41, 5.74) is -1.19. The molecule has 0 N–H and O–H groups in total. The van der Waals surface area contributed by atoms with E-state index in [1.54, 1.807) is 0 Å². The van der Waals surface area contributed by atoms with Crippen LogP contribution in [-0.2, 0) is 0 Å². The maximum Gasteiger partial charge on any atom is 0.140 e. The molecule has 0 saturated heterocycles. The van der Waals surface area contributed by atoms with Crippen LogP contribution in [0.15, 0.2) is 6.07 Å². The van der Waals surface area contributed by atoms with Gasteiger partial charge in [-0.3, -0.25) is 0 Å². The molecule has 0 aromatic heterocycles. The monoisotopic (exact) mass is 272 g/mol. The van der Waals surface area contributed by atoms with E-state index in [9.17, 15) is 8.78 Å². The lowest BCUT2D eigenvalue weighted by Gasteiger charge is -2.01. The smallest absolute Gasteiger partial charge is 0.140 e. The molecule has 0 heterocycles. The Kier molecular flexibility index (Phi) is 4.28. The summed E-state index contributed by atoms with van der Waals surface area (Å²) in [5.74, 6) is -2.09. The van der Waals surface area contributed by atoms with Crippen LogP contribution in [0.4, 0.5) is 8.78 Å². The Hall–Kier alpha value is -2.79. The van der Waals surface area contributed by atoms with E-state index in [0.29, 0.717) is 6.07 Å². The zero-order valence-electron chi connectivity index (χ0n) is 9.20. The van der Waals surface area contributed by atoms with Gasteiger partial charge in [-0.1, -0.05) is 0 Å². The third-order valence-corrected chi connectivity index (χ3v) is 2.76. The number of benzene rings is 1. The molecule has 90 valence electrons. The summed E-state index contributed by atoms with van der Waals surface area (Å²) in [4.78, 5) is 0. The predicted octanol–water partition coefficient (Wildman–Crippen LogP) is -0.139. The van der Waals surface area contributed by atoms with Crippen LogP contribution in [0.2, 0.25) is 0 Å². The van der Waals surface area contributed by atoms with Crippen molar-refractivity contribution >= 4 is 25.7 Å². The maximum atomic E-state index is 14.0. The Balaban J connectivity index is 4.16. The fourth-order valence-corrected chi connectivity index (χ4v) is 1.80. The highest BCUT2D eigenvalue weighted by molar-refractivity contribution is 7.27. The summed E-state index contributed by atoms with van der Waals surface area (Å²) in [5, 5.41) is 33.2. The van der Waals surface area contributed by atoms with Gasteiger partial charge in [-0.15, -0.1) is 9.24 Å². The third kappa shape index (κ3) is 2.41. The molecule has 1 unspecified atom stereocenters. The van der Waals surface area contributed by atoms with Crippen LogP contribution in [0.5, 0.6) is 0 Å². The van der Waals surface area contributed by atoms with Crippen molar-refractivity contribution in [2.45, 2.75) is 0 Å². The molecule has 0 spiro atoms. The van der Waals surface area contributed by atoms with Crippen molar-refractivity contribution in [3.63, 3.8) is 0 Å². The third-order valence-electron chi connectivity index (χ3n) is 2.22. The van der Waals surface area contributed by atoms with Gasteiger partial charge in [0.05, 0.1) is 0 Å². The second kappa shape index (κ2) is 5.70. The van der Waals surface area contributed by atoms with Crippen molar-refractivity contribution in [3.05, 3.63) is 28.1 Å². The first-order valence-corrected chi connectivity index (χ1v) is 5.22. The molecule has 1 aromatic rings. The first kappa shape index (κ1) is 14.3. The minimum Gasteiger partial charge on any atom is -0.206 e. The van der Waals surface area contributed by atoms with Crippen LogP contribution in [-0.4, -0.2) is 0 Å². The Bertz CT molecular complexity index is 813.